The number of halogens is 5. The molecule has 0 radical (unpaired) electrons. The van der Waals surface area contributed by atoms with Crippen molar-refractivity contribution >= 4 is 0 Å². The Hall–Kier alpha value is -1.17. The number of benzene rings is 1. The first kappa shape index (κ1) is 18.9. The van der Waals surface area contributed by atoms with E-state index in [1.165, 1.54) is 6.92 Å². The zero-order chi connectivity index (χ0) is 17.2. The summed E-state index contributed by atoms with van der Waals surface area (Å²) in [5.41, 5.74) is -0.411. The maximum atomic E-state index is 13.4. The van der Waals surface area contributed by atoms with E-state index in [9.17, 15) is 22.0 Å². The maximum absolute atomic E-state index is 13.4. The molecule has 126 valence electrons. The van der Waals surface area contributed by atoms with Gasteiger partial charge in [-0.05, 0) is 30.4 Å². The molecule has 0 saturated heterocycles. The Morgan fingerprint density at radius 1 is 1.05 bits per heavy atom. The third-order valence-electron chi connectivity index (χ3n) is 4.13. The molecule has 1 aromatic carbocycles. The molecule has 0 bridgehead atoms. The molecule has 2 atom stereocenters. The van der Waals surface area contributed by atoms with E-state index in [-0.39, 0.29) is 0 Å². The maximum Gasteiger partial charge on any atom is 0.453 e. The van der Waals surface area contributed by atoms with Crippen molar-refractivity contribution in [3.05, 3.63) is 35.4 Å². The summed E-state index contributed by atoms with van der Waals surface area (Å²) in [7, 11) is 1.13. The van der Waals surface area contributed by atoms with Crippen LogP contribution < -0.4 is 0 Å². The van der Waals surface area contributed by atoms with Crippen LogP contribution in [-0.2, 0) is 10.3 Å². The molecule has 0 aliphatic heterocycles. The van der Waals surface area contributed by atoms with Gasteiger partial charge in [0.25, 0.3) is 0 Å². The minimum absolute atomic E-state index is 0.291. The summed E-state index contributed by atoms with van der Waals surface area (Å²) in [5.74, 6) is -4.52. The Kier molecular flexibility index (Phi) is 5.60. The van der Waals surface area contributed by atoms with E-state index in [0.29, 0.717) is 11.5 Å². The molecular formula is C16H21F5O. The molecule has 0 aromatic heterocycles. The number of alkyl halides is 5. The summed E-state index contributed by atoms with van der Waals surface area (Å²) >= 11 is 0. The van der Waals surface area contributed by atoms with Gasteiger partial charge in [-0.3, -0.25) is 0 Å². The van der Waals surface area contributed by atoms with Crippen LogP contribution in [0.2, 0.25) is 0 Å². The van der Waals surface area contributed by atoms with E-state index in [4.69, 9.17) is 4.74 Å². The summed E-state index contributed by atoms with van der Waals surface area (Å²) in [6.45, 7) is 5.27. The summed E-state index contributed by atoms with van der Waals surface area (Å²) in [5, 5.41) is 0. The fourth-order valence-electron chi connectivity index (χ4n) is 2.22. The highest BCUT2D eigenvalue weighted by molar-refractivity contribution is 5.29. The van der Waals surface area contributed by atoms with Crippen molar-refractivity contribution < 1.29 is 26.7 Å². The van der Waals surface area contributed by atoms with Crippen molar-refractivity contribution in [2.45, 2.75) is 57.2 Å². The molecule has 1 rings (SSSR count). The zero-order valence-corrected chi connectivity index (χ0v) is 13.1. The van der Waals surface area contributed by atoms with Crippen LogP contribution in [0.3, 0.4) is 0 Å². The van der Waals surface area contributed by atoms with Gasteiger partial charge in [-0.15, -0.1) is 0 Å². The van der Waals surface area contributed by atoms with Crippen LogP contribution in [0.4, 0.5) is 22.0 Å². The van der Waals surface area contributed by atoms with Crippen molar-refractivity contribution in [1.29, 1.82) is 0 Å². The Labute approximate surface area is 127 Å². The molecule has 1 nitrogen and oxygen atoms in total. The predicted molar refractivity (Wildman–Crippen MR) is 75.1 cm³/mol. The van der Waals surface area contributed by atoms with Crippen LogP contribution in [0.5, 0.6) is 0 Å². The second-order valence-corrected chi connectivity index (χ2v) is 5.75. The lowest BCUT2D eigenvalue weighted by molar-refractivity contribution is -0.298. The number of ether oxygens (including phenoxy) is 1. The van der Waals surface area contributed by atoms with Gasteiger partial charge in [0.15, 0.2) is 0 Å². The van der Waals surface area contributed by atoms with Crippen LogP contribution in [0.15, 0.2) is 24.3 Å². The smallest absolute Gasteiger partial charge is 0.374 e. The van der Waals surface area contributed by atoms with E-state index in [0.717, 1.165) is 19.1 Å². The van der Waals surface area contributed by atoms with Crippen LogP contribution in [0.1, 0.15) is 50.7 Å². The third kappa shape index (κ3) is 3.97. The first-order valence-electron chi connectivity index (χ1n) is 7.07. The van der Waals surface area contributed by atoms with E-state index < -0.39 is 24.1 Å². The van der Waals surface area contributed by atoms with Gasteiger partial charge in [-0.1, -0.05) is 38.1 Å². The molecule has 1 aromatic rings. The van der Waals surface area contributed by atoms with Crippen LogP contribution in [0, 0.1) is 0 Å². The van der Waals surface area contributed by atoms with Crippen LogP contribution >= 0.6 is 0 Å². The molecule has 2 unspecified atom stereocenters. The second-order valence-electron chi connectivity index (χ2n) is 5.75. The topological polar surface area (TPSA) is 9.23 Å². The number of hydrogen-bond donors (Lipinski definition) is 0. The molecule has 6 heteroatoms. The van der Waals surface area contributed by atoms with E-state index in [1.54, 1.807) is 24.3 Å². The molecule has 0 amide bonds. The van der Waals surface area contributed by atoms with E-state index >= 15 is 0 Å². The molecule has 0 fully saturated rings. The van der Waals surface area contributed by atoms with Crippen molar-refractivity contribution in [1.82, 2.24) is 0 Å². The molecule has 0 spiro atoms. The van der Waals surface area contributed by atoms with Gasteiger partial charge in [0, 0.05) is 7.11 Å². The highest BCUT2D eigenvalue weighted by Gasteiger charge is 2.60. The van der Waals surface area contributed by atoms with Crippen molar-refractivity contribution in [2.24, 2.45) is 0 Å². The highest BCUT2D eigenvalue weighted by Crippen LogP contribution is 2.45. The fourth-order valence-corrected chi connectivity index (χ4v) is 2.22. The average molecular weight is 324 g/mol. The zero-order valence-electron chi connectivity index (χ0n) is 13.1. The standard InChI is InChI=1S/C16H21F5O/c1-5-11(2)12-6-8-13(9-7-12)14(3,22-4)10-15(17,18)16(19,20)21/h6-9,11H,5,10H2,1-4H3. The lowest BCUT2D eigenvalue weighted by Crippen LogP contribution is -2.43. The van der Waals surface area contributed by atoms with Gasteiger partial charge < -0.3 is 4.74 Å². The van der Waals surface area contributed by atoms with Gasteiger partial charge in [0.2, 0.25) is 0 Å². The molecule has 0 N–H and O–H groups in total. The van der Waals surface area contributed by atoms with E-state index in [1.807, 2.05) is 13.8 Å². The first-order valence-corrected chi connectivity index (χ1v) is 7.07. The Morgan fingerprint density at radius 2 is 1.55 bits per heavy atom. The fraction of sp³-hybridized carbons (Fsp3) is 0.625. The highest BCUT2D eigenvalue weighted by atomic mass is 19.4. The summed E-state index contributed by atoms with van der Waals surface area (Å²) in [6, 6.07) is 6.59. The van der Waals surface area contributed by atoms with Crippen molar-refractivity contribution in [3.63, 3.8) is 0 Å². The Bertz CT molecular complexity index is 480. The monoisotopic (exact) mass is 324 g/mol. The van der Waals surface area contributed by atoms with E-state index in [2.05, 4.69) is 0 Å². The summed E-state index contributed by atoms with van der Waals surface area (Å²) < 4.78 is 69.0. The summed E-state index contributed by atoms with van der Waals surface area (Å²) in [6.07, 6.45) is -6.14. The molecular weight excluding hydrogens is 303 g/mol. The predicted octanol–water partition coefficient (Wildman–Crippen LogP) is 5.65. The Balaban J connectivity index is 3.08. The number of methoxy groups -OCH3 is 1. The lowest BCUT2D eigenvalue weighted by atomic mass is 9.87. The average Bonchev–Trinajstić information content (AvgIpc) is 2.44. The molecule has 0 aliphatic rings. The molecule has 0 saturated carbocycles. The minimum atomic E-state index is -5.59. The Morgan fingerprint density at radius 3 is 1.91 bits per heavy atom. The normalized spacial score (nSPS) is 17.1. The molecule has 22 heavy (non-hydrogen) atoms. The van der Waals surface area contributed by atoms with Gasteiger partial charge >= 0.3 is 12.1 Å². The quantitative estimate of drug-likeness (QED) is 0.614. The molecule has 0 heterocycles. The van der Waals surface area contributed by atoms with Gasteiger partial charge in [0.1, 0.15) is 0 Å². The largest absolute Gasteiger partial charge is 0.453 e. The number of rotatable bonds is 6. The van der Waals surface area contributed by atoms with Crippen LogP contribution in [0.25, 0.3) is 0 Å². The van der Waals surface area contributed by atoms with Gasteiger partial charge in [-0.2, -0.15) is 22.0 Å². The minimum Gasteiger partial charge on any atom is -0.374 e. The van der Waals surface area contributed by atoms with Gasteiger partial charge in [-0.25, -0.2) is 0 Å². The lowest BCUT2D eigenvalue weighted by Gasteiger charge is -2.33. The number of hydrogen-bond acceptors (Lipinski definition) is 1. The SMILES string of the molecule is CCC(C)c1ccc(C(C)(CC(F)(F)C(F)(F)F)OC)cc1. The third-order valence-corrected chi connectivity index (χ3v) is 4.13. The van der Waals surface area contributed by atoms with Crippen LogP contribution in [-0.4, -0.2) is 19.2 Å². The molecule has 0 aliphatic carbocycles. The van der Waals surface area contributed by atoms with Gasteiger partial charge in [0.05, 0.1) is 12.0 Å². The van der Waals surface area contributed by atoms with Crippen molar-refractivity contribution in [2.75, 3.05) is 7.11 Å². The first-order chi connectivity index (χ1) is 9.97. The van der Waals surface area contributed by atoms with Crippen molar-refractivity contribution in [3.8, 4) is 0 Å². The summed E-state index contributed by atoms with van der Waals surface area (Å²) in [4.78, 5) is 0. The second kappa shape index (κ2) is 6.52.